The van der Waals surface area contributed by atoms with Crippen LogP contribution in [0.15, 0.2) is 15.0 Å². The van der Waals surface area contributed by atoms with Crippen molar-refractivity contribution < 1.29 is 14.4 Å². The second-order valence-electron chi connectivity index (χ2n) is 9.65. The zero-order valence-corrected chi connectivity index (χ0v) is 17.4. The van der Waals surface area contributed by atoms with Gasteiger partial charge in [-0.2, -0.15) is 0 Å². The van der Waals surface area contributed by atoms with E-state index >= 15 is 0 Å². The second-order valence-corrected chi connectivity index (χ2v) is 9.65. The van der Waals surface area contributed by atoms with E-state index in [1.165, 1.54) is 12.8 Å². The Labute approximate surface area is 173 Å². The van der Waals surface area contributed by atoms with Crippen molar-refractivity contribution in [2.45, 2.75) is 108 Å². The summed E-state index contributed by atoms with van der Waals surface area (Å²) in [4.78, 5) is 43.6. The number of isocyanates is 3. The zero-order valence-electron chi connectivity index (χ0n) is 17.4. The van der Waals surface area contributed by atoms with Gasteiger partial charge in [0.1, 0.15) is 0 Å². The van der Waals surface area contributed by atoms with E-state index in [0.717, 1.165) is 77.0 Å². The molecular formula is C23H33N3O3. The van der Waals surface area contributed by atoms with Crippen LogP contribution in [0.25, 0.3) is 0 Å². The van der Waals surface area contributed by atoms with Gasteiger partial charge >= 0.3 is 0 Å². The molecule has 0 saturated heterocycles. The van der Waals surface area contributed by atoms with Gasteiger partial charge in [0.25, 0.3) is 0 Å². The Morgan fingerprint density at radius 2 is 0.897 bits per heavy atom. The van der Waals surface area contributed by atoms with Crippen LogP contribution in [0.2, 0.25) is 0 Å². The fourth-order valence-electron chi connectivity index (χ4n) is 6.24. The standard InChI is InChI=1S/C23H33N3O3/c27-15-24-20-5-1-18(2-6-20)13-23(11-9-22(10-12-23)26-17-29)14-19-3-7-21(8-4-19)25-16-28/h18-22H,1-14H2. The van der Waals surface area contributed by atoms with Crippen molar-refractivity contribution in [1.29, 1.82) is 0 Å². The lowest BCUT2D eigenvalue weighted by atomic mass is 9.61. The van der Waals surface area contributed by atoms with E-state index in [4.69, 9.17) is 0 Å². The van der Waals surface area contributed by atoms with E-state index in [1.807, 2.05) is 0 Å². The van der Waals surface area contributed by atoms with Crippen molar-refractivity contribution in [3.63, 3.8) is 0 Å². The summed E-state index contributed by atoms with van der Waals surface area (Å²) in [5, 5.41) is 0. The van der Waals surface area contributed by atoms with Gasteiger partial charge in [-0.05, 0) is 107 Å². The maximum absolute atomic E-state index is 10.7. The first-order valence-electron chi connectivity index (χ1n) is 11.4. The van der Waals surface area contributed by atoms with Crippen molar-refractivity contribution in [1.82, 2.24) is 0 Å². The topological polar surface area (TPSA) is 88.3 Å². The van der Waals surface area contributed by atoms with E-state index in [1.54, 1.807) is 18.2 Å². The summed E-state index contributed by atoms with van der Waals surface area (Å²) >= 11 is 0. The van der Waals surface area contributed by atoms with Crippen molar-refractivity contribution in [3.05, 3.63) is 0 Å². The van der Waals surface area contributed by atoms with Crippen LogP contribution in [0.1, 0.15) is 89.9 Å². The maximum atomic E-state index is 10.7. The molecule has 0 amide bonds. The van der Waals surface area contributed by atoms with Gasteiger partial charge in [-0.25, -0.2) is 29.4 Å². The van der Waals surface area contributed by atoms with E-state index in [-0.39, 0.29) is 18.1 Å². The predicted octanol–water partition coefficient (Wildman–Crippen LogP) is 4.82. The largest absolute Gasteiger partial charge is 0.235 e. The van der Waals surface area contributed by atoms with Crippen molar-refractivity contribution in [2.75, 3.05) is 0 Å². The van der Waals surface area contributed by atoms with Crippen LogP contribution in [0.4, 0.5) is 0 Å². The first-order chi connectivity index (χ1) is 14.2. The predicted molar refractivity (Wildman–Crippen MR) is 110 cm³/mol. The minimum Gasteiger partial charge on any atom is -0.211 e. The highest BCUT2D eigenvalue weighted by molar-refractivity contribution is 5.34. The van der Waals surface area contributed by atoms with Gasteiger partial charge in [0.05, 0.1) is 18.1 Å². The number of carbonyl (C=O) groups excluding carboxylic acids is 3. The molecule has 0 unspecified atom stereocenters. The van der Waals surface area contributed by atoms with E-state index in [9.17, 15) is 14.4 Å². The summed E-state index contributed by atoms with van der Waals surface area (Å²) in [7, 11) is 0. The fourth-order valence-corrected chi connectivity index (χ4v) is 6.24. The van der Waals surface area contributed by atoms with Gasteiger partial charge in [-0.1, -0.05) is 0 Å². The lowest BCUT2D eigenvalue weighted by Crippen LogP contribution is -2.35. The van der Waals surface area contributed by atoms with Crippen LogP contribution in [-0.4, -0.2) is 36.4 Å². The molecule has 3 aliphatic rings. The molecule has 0 spiro atoms. The van der Waals surface area contributed by atoms with Crippen LogP contribution < -0.4 is 0 Å². The molecule has 0 aliphatic heterocycles. The highest BCUT2D eigenvalue weighted by Crippen LogP contribution is 2.50. The van der Waals surface area contributed by atoms with Gasteiger partial charge in [0, 0.05) is 0 Å². The maximum Gasteiger partial charge on any atom is 0.235 e. The first-order valence-corrected chi connectivity index (χ1v) is 11.4. The third kappa shape index (κ3) is 6.31. The Morgan fingerprint density at radius 1 is 0.552 bits per heavy atom. The van der Waals surface area contributed by atoms with Crippen molar-refractivity contribution in [3.8, 4) is 0 Å². The van der Waals surface area contributed by atoms with E-state index in [0.29, 0.717) is 17.3 Å². The zero-order chi connectivity index (χ0) is 20.5. The van der Waals surface area contributed by atoms with Crippen molar-refractivity contribution >= 4 is 18.2 Å². The Kier molecular flexibility index (Phi) is 8.12. The van der Waals surface area contributed by atoms with Gasteiger partial charge in [-0.15, -0.1) is 0 Å². The summed E-state index contributed by atoms with van der Waals surface area (Å²) in [6.07, 6.45) is 20.6. The Hall–Kier alpha value is -1.86. The molecule has 3 aliphatic carbocycles. The third-order valence-electron chi connectivity index (χ3n) is 7.80. The summed E-state index contributed by atoms with van der Waals surface area (Å²) in [5.74, 6) is 1.41. The fraction of sp³-hybridized carbons (Fsp3) is 0.870. The molecule has 0 radical (unpaired) electrons. The monoisotopic (exact) mass is 399 g/mol. The molecular weight excluding hydrogens is 366 g/mol. The molecule has 29 heavy (non-hydrogen) atoms. The summed E-state index contributed by atoms with van der Waals surface area (Å²) in [5.41, 5.74) is 0.339. The van der Waals surface area contributed by atoms with E-state index in [2.05, 4.69) is 15.0 Å². The molecule has 0 aromatic carbocycles. The Bertz CT molecular complexity index is 623. The first kappa shape index (κ1) is 21.8. The highest BCUT2D eigenvalue weighted by atomic mass is 16.1. The average Bonchev–Trinajstić information content (AvgIpc) is 2.73. The number of hydrogen-bond acceptors (Lipinski definition) is 6. The molecule has 6 nitrogen and oxygen atoms in total. The Balaban J connectivity index is 1.61. The molecule has 3 saturated carbocycles. The van der Waals surface area contributed by atoms with Gasteiger partial charge < -0.3 is 0 Å². The second kappa shape index (κ2) is 10.8. The third-order valence-corrected chi connectivity index (χ3v) is 7.80. The molecule has 0 aromatic heterocycles. The van der Waals surface area contributed by atoms with Gasteiger partial charge in [-0.3, -0.25) is 0 Å². The normalized spacial score (nSPS) is 37.4. The minimum atomic E-state index is 0.149. The van der Waals surface area contributed by atoms with Crippen LogP contribution >= 0.6 is 0 Å². The number of hydrogen-bond donors (Lipinski definition) is 0. The number of aliphatic imine (C=N–C) groups is 3. The lowest BCUT2D eigenvalue weighted by molar-refractivity contribution is 0.0738. The summed E-state index contributed by atoms with van der Waals surface area (Å²) in [6.45, 7) is 0. The van der Waals surface area contributed by atoms with Gasteiger partial charge in [0.15, 0.2) is 0 Å². The Morgan fingerprint density at radius 3 is 1.24 bits per heavy atom. The van der Waals surface area contributed by atoms with E-state index < -0.39 is 0 Å². The van der Waals surface area contributed by atoms with Crippen LogP contribution in [-0.2, 0) is 14.4 Å². The molecule has 0 bridgehead atoms. The molecule has 0 atom stereocenters. The lowest BCUT2D eigenvalue weighted by Gasteiger charge is -2.45. The van der Waals surface area contributed by atoms with Gasteiger partial charge in [0.2, 0.25) is 18.2 Å². The average molecular weight is 400 g/mol. The molecule has 6 heteroatoms. The molecule has 3 fully saturated rings. The van der Waals surface area contributed by atoms with Crippen molar-refractivity contribution in [2.24, 2.45) is 32.2 Å². The minimum absolute atomic E-state index is 0.149. The molecule has 0 heterocycles. The SMILES string of the molecule is O=C=NC1CCC(CC2(CC3CCC(N=C=O)CC3)CCC(N=C=O)CC2)CC1. The smallest absolute Gasteiger partial charge is 0.211 e. The highest BCUT2D eigenvalue weighted by Gasteiger charge is 2.40. The molecule has 3 rings (SSSR count). The number of rotatable bonds is 7. The van der Waals surface area contributed by atoms with Crippen LogP contribution in [0.3, 0.4) is 0 Å². The quantitative estimate of drug-likeness (QED) is 0.454. The summed E-state index contributed by atoms with van der Waals surface area (Å²) in [6, 6.07) is 0.494. The number of nitrogens with zero attached hydrogens (tertiary/aromatic N) is 3. The molecule has 0 aromatic rings. The molecule has 0 N–H and O–H groups in total. The molecule has 158 valence electrons. The van der Waals surface area contributed by atoms with Crippen LogP contribution in [0.5, 0.6) is 0 Å². The van der Waals surface area contributed by atoms with Crippen LogP contribution in [0, 0.1) is 17.3 Å². The summed E-state index contributed by atoms with van der Waals surface area (Å²) < 4.78 is 0.